The van der Waals surface area contributed by atoms with Crippen molar-refractivity contribution in [3.05, 3.63) is 35.4 Å². The molecule has 0 aliphatic carbocycles. The predicted molar refractivity (Wildman–Crippen MR) is 63.0 cm³/mol. The van der Waals surface area contributed by atoms with Crippen molar-refractivity contribution in [2.24, 2.45) is 0 Å². The summed E-state index contributed by atoms with van der Waals surface area (Å²) in [5.74, 6) is -2.25. The number of halogens is 3. The number of carbonyl (C=O) groups excluding carboxylic acids is 1. The van der Waals surface area contributed by atoms with E-state index >= 15 is 0 Å². The Balaban J connectivity index is 2.48. The lowest BCUT2D eigenvalue weighted by atomic mass is 10.1. The highest BCUT2D eigenvalue weighted by atomic mass is 35.5. The fourth-order valence-electron chi connectivity index (χ4n) is 1.33. The molecular weight excluding hydrogens is 248 g/mol. The van der Waals surface area contributed by atoms with Crippen LogP contribution in [-0.2, 0) is 11.2 Å². The van der Waals surface area contributed by atoms with E-state index < -0.39 is 11.6 Å². The van der Waals surface area contributed by atoms with Crippen LogP contribution in [0.1, 0.15) is 18.9 Å². The second kappa shape index (κ2) is 6.55. The van der Waals surface area contributed by atoms with Gasteiger partial charge in [0.2, 0.25) is 5.91 Å². The van der Waals surface area contributed by atoms with Gasteiger partial charge in [-0.05, 0) is 19.4 Å². The van der Waals surface area contributed by atoms with Crippen LogP contribution in [0.2, 0.25) is 0 Å². The van der Waals surface area contributed by atoms with Crippen LogP contribution >= 0.6 is 11.6 Å². The maximum absolute atomic E-state index is 13.2. The predicted octanol–water partition coefficient (Wildman–Crippen LogP) is 2.64. The van der Waals surface area contributed by atoms with E-state index in [0.717, 1.165) is 6.07 Å². The third kappa shape index (κ3) is 4.69. The molecule has 1 aromatic rings. The smallest absolute Gasteiger partial charge is 0.224 e. The van der Waals surface area contributed by atoms with Crippen LogP contribution in [0.3, 0.4) is 0 Å². The summed E-state index contributed by atoms with van der Waals surface area (Å²) in [6.45, 7) is 2.25. The molecule has 0 saturated carbocycles. The van der Waals surface area contributed by atoms with Crippen LogP contribution in [-0.4, -0.2) is 17.8 Å². The van der Waals surface area contributed by atoms with E-state index in [1.54, 1.807) is 0 Å². The van der Waals surface area contributed by atoms with Crippen molar-refractivity contribution in [1.82, 2.24) is 5.32 Å². The fourth-order valence-corrected chi connectivity index (χ4v) is 1.44. The second-order valence-electron chi connectivity index (χ2n) is 3.81. The van der Waals surface area contributed by atoms with Gasteiger partial charge < -0.3 is 5.32 Å². The highest BCUT2D eigenvalue weighted by Gasteiger charge is 2.11. The lowest BCUT2D eigenvalue weighted by Crippen LogP contribution is -2.27. The van der Waals surface area contributed by atoms with E-state index in [1.807, 2.05) is 6.92 Å². The standard InChI is InChI=1S/C12H14ClF2NO/c1-8(13)5-6-16-11(17)7-9-3-2-4-10(14)12(9)15/h2-4,8H,5-7H2,1H3,(H,16,17). The number of hydrogen-bond donors (Lipinski definition) is 1. The Morgan fingerprint density at radius 1 is 1.47 bits per heavy atom. The number of carbonyl (C=O) groups is 1. The Morgan fingerprint density at radius 3 is 2.82 bits per heavy atom. The molecule has 0 aromatic heterocycles. The largest absolute Gasteiger partial charge is 0.356 e. The average molecular weight is 262 g/mol. The van der Waals surface area contributed by atoms with Gasteiger partial charge >= 0.3 is 0 Å². The lowest BCUT2D eigenvalue weighted by molar-refractivity contribution is -0.120. The van der Waals surface area contributed by atoms with Gasteiger partial charge in [0.05, 0.1) is 6.42 Å². The molecule has 1 unspecified atom stereocenters. The number of benzene rings is 1. The van der Waals surface area contributed by atoms with Crippen molar-refractivity contribution in [1.29, 1.82) is 0 Å². The van der Waals surface area contributed by atoms with Gasteiger partial charge in [0.25, 0.3) is 0 Å². The molecule has 1 atom stereocenters. The summed E-state index contributed by atoms with van der Waals surface area (Å²) in [4.78, 5) is 11.4. The minimum atomic E-state index is -0.964. The van der Waals surface area contributed by atoms with E-state index in [2.05, 4.69) is 5.32 Å². The Kier molecular flexibility index (Phi) is 5.35. The molecule has 0 saturated heterocycles. The van der Waals surface area contributed by atoms with Crippen molar-refractivity contribution in [3.63, 3.8) is 0 Å². The van der Waals surface area contributed by atoms with E-state index in [1.165, 1.54) is 12.1 Å². The molecule has 1 amide bonds. The zero-order valence-electron chi connectivity index (χ0n) is 9.47. The normalized spacial score (nSPS) is 12.2. The summed E-state index contributed by atoms with van der Waals surface area (Å²) >= 11 is 5.71. The topological polar surface area (TPSA) is 29.1 Å². The maximum atomic E-state index is 13.2. The number of nitrogens with one attached hydrogen (secondary N) is 1. The van der Waals surface area contributed by atoms with Gasteiger partial charge in [-0.2, -0.15) is 0 Å². The van der Waals surface area contributed by atoms with Crippen molar-refractivity contribution in [3.8, 4) is 0 Å². The molecule has 0 fully saturated rings. The molecule has 2 nitrogen and oxygen atoms in total. The summed E-state index contributed by atoms with van der Waals surface area (Å²) in [5.41, 5.74) is 0.0569. The Hall–Kier alpha value is -1.16. The van der Waals surface area contributed by atoms with Crippen LogP contribution in [0.4, 0.5) is 8.78 Å². The minimum Gasteiger partial charge on any atom is -0.356 e. The van der Waals surface area contributed by atoms with Gasteiger partial charge in [-0.1, -0.05) is 12.1 Å². The van der Waals surface area contributed by atoms with Crippen molar-refractivity contribution in [2.75, 3.05) is 6.54 Å². The quantitative estimate of drug-likeness (QED) is 0.811. The van der Waals surface area contributed by atoms with Crippen molar-refractivity contribution >= 4 is 17.5 Å². The van der Waals surface area contributed by atoms with Crippen LogP contribution in [0, 0.1) is 11.6 Å². The van der Waals surface area contributed by atoms with Crippen LogP contribution in [0.15, 0.2) is 18.2 Å². The van der Waals surface area contributed by atoms with Gasteiger partial charge in [0, 0.05) is 17.5 Å². The summed E-state index contributed by atoms with van der Waals surface area (Å²) in [6, 6.07) is 3.79. The van der Waals surface area contributed by atoms with Crippen LogP contribution < -0.4 is 5.32 Å². The zero-order chi connectivity index (χ0) is 12.8. The first-order valence-corrected chi connectivity index (χ1v) is 5.78. The van der Waals surface area contributed by atoms with E-state index in [0.29, 0.717) is 13.0 Å². The highest BCUT2D eigenvalue weighted by molar-refractivity contribution is 6.20. The van der Waals surface area contributed by atoms with Crippen molar-refractivity contribution in [2.45, 2.75) is 25.1 Å². The lowest BCUT2D eigenvalue weighted by Gasteiger charge is -2.07. The number of hydrogen-bond acceptors (Lipinski definition) is 1. The van der Waals surface area contributed by atoms with E-state index in [9.17, 15) is 13.6 Å². The summed E-state index contributed by atoms with van der Waals surface area (Å²) in [5, 5.41) is 2.57. The highest BCUT2D eigenvalue weighted by Crippen LogP contribution is 2.11. The molecule has 0 spiro atoms. The Morgan fingerprint density at radius 2 is 2.18 bits per heavy atom. The van der Waals surface area contributed by atoms with E-state index in [-0.39, 0.29) is 23.3 Å². The van der Waals surface area contributed by atoms with Gasteiger partial charge in [-0.3, -0.25) is 4.79 Å². The first kappa shape index (κ1) is 13.9. The molecule has 1 N–H and O–H groups in total. The minimum absolute atomic E-state index is 0.0267. The molecule has 0 radical (unpaired) electrons. The van der Waals surface area contributed by atoms with Gasteiger partial charge in [0.1, 0.15) is 0 Å². The number of rotatable bonds is 5. The summed E-state index contributed by atoms with van der Waals surface area (Å²) in [6.07, 6.45) is 0.471. The van der Waals surface area contributed by atoms with Crippen LogP contribution in [0.25, 0.3) is 0 Å². The third-order valence-corrected chi connectivity index (χ3v) is 2.47. The molecule has 0 aliphatic heterocycles. The Labute approximate surface area is 104 Å². The molecule has 1 aromatic carbocycles. The van der Waals surface area contributed by atoms with Crippen molar-refractivity contribution < 1.29 is 13.6 Å². The molecule has 0 heterocycles. The van der Waals surface area contributed by atoms with Crippen LogP contribution in [0.5, 0.6) is 0 Å². The molecule has 17 heavy (non-hydrogen) atoms. The van der Waals surface area contributed by atoms with E-state index in [4.69, 9.17) is 11.6 Å². The third-order valence-electron chi connectivity index (χ3n) is 2.25. The molecule has 94 valence electrons. The van der Waals surface area contributed by atoms with Gasteiger partial charge in [-0.15, -0.1) is 11.6 Å². The maximum Gasteiger partial charge on any atom is 0.224 e. The summed E-state index contributed by atoms with van der Waals surface area (Å²) < 4.78 is 26.1. The first-order valence-electron chi connectivity index (χ1n) is 5.34. The first-order chi connectivity index (χ1) is 8.00. The monoisotopic (exact) mass is 261 g/mol. The second-order valence-corrected chi connectivity index (χ2v) is 4.55. The fraction of sp³-hybridized carbons (Fsp3) is 0.417. The summed E-state index contributed by atoms with van der Waals surface area (Å²) in [7, 11) is 0. The molecule has 5 heteroatoms. The molecular formula is C12H14ClF2NO. The molecule has 1 rings (SSSR count). The average Bonchev–Trinajstić information content (AvgIpc) is 2.24. The Bertz CT molecular complexity index is 396. The number of amides is 1. The SMILES string of the molecule is CC(Cl)CCNC(=O)Cc1cccc(F)c1F. The van der Waals surface area contributed by atoms with Gasteiger partial charge in [0.15, 0.2) is 11.6 Å². The molecule has 0 bridgehead atoms. The number of alkyl halides is 1. The van der Waals surface area contributed by atoms with Gasteiger partial charge in [-0.25, -0.2) is 8.78 Å². The molecule has 0 aliphatic rings. The zero-order valence-corrected chi connectivity index (χ0v) is 10.2.